The first-order chi connectivity index (χ1) is 28.5. The third kappa shape index (κ3) is 6.32. The van der Waals surface area contributed by atoms with E-state index in [0.717, 1.165) is 17.1 Å². The van der Waals surface area contributed by atoms with Gasteiger partial charge in [-0.05, 0) is 109 Å². The molecule has 0 heterocycles. The molecular formula is C57H43N. The van der Waals surface area contributed by atoms with Crippen LogP contribution in [0, 0.1) is 0 Å². The van der Waals surface area contributed by atoms with Gasteiger partial charge in [-0.15, -0.1) is 0 Å². The monoisotopic (exact) mass is 741 g/mol. The molecule has 0 radical (unpaired) electrons. The first-order valence-electron chi connectivity index (χ1n) is 20.2. The molecule has 0 N–H and O–H groups in total. The number of nitrogens with zero attached hydrogens (tertiary/aromatic N) is 1. The van der Waals surface area contributed by atoms with Crippen molar-refractivity contribution in [2.45, 2.75) is 19.3 Å². The van der Waals surface area contributed by atoms with Gasteiger partial charge in [0.15, 0.2) is 0 Å². The molecule has 0 amide bonds. The molecule has 58 heavy (non-hydrogen) atoms. The van der Waals surface area contributed by atoms with E-state index in [1.807, 2.05) is 0 Å². The summed E-state index contributed by atoms with van der Waals surface area (Å²) in [5.41, 5.74) is 20.6. The Hall–Kier alpha value is -7.22. The Morgan fingerprint density at radius 3 is 1.14 bits per heavy atom. The molecule has 0 spiro atoms. The van der Waals surface area contributed by atoms with E-state index in [9.17, 15) is 0 Å². The fraction of sp³-hybridized carbons (Fsp3) is 0.0526. The van der Waals surface area contributed by atoms with E-state index in [4.69, 9.17) is 0 Å². The molecule has 1 nitrogen and oxygen atoms in total. The number of hydrogen-bond acceptors (Lipinski definition) is 1. The van der Waals surface area contributed by atoms with E-state index < -0.39 is 0 Å². The van der Waals surface area contributed by atoms with Crippen LogP contribution in [0.4, 0.5) is 17.1 Å². The molecule has 1 aliphatic carbocycles. The average molecular weight is 742 g/mol. The molecule has 0 unspecified atom stereocenters. The van der Waals surface area contributed by atoms with E-state index in [2.05, 4.69) is 243 Å². The zero-order valence-electron chi connectivity index (χ0n) is 32.8. The summed E-state index contributed by atoms with van der Waals surface area (Å²) in [5, 5.41) is 0. The number of rotatable bonds is 8. The smallest absolute Gasteiger partial charge is 0.0543 e. The van der Waals surface area contributed by atoms with Gasteiger partial charge >= 0.3 is 0 Å². The maximum absolute atomic E-state index is 2.48. The van der Waals surface area contributed by atoms with Crippen LogP contribution in [0.15, 0.2) is 224 Å². The summed E-state index contributed by atoms with van der Waals surface area (Å²) in [5.74, 6) is 0. The van der Waals surface area contributed by atoms with Crippen molar-refractivity contribution in [2.75, 3.05) is 4.90 Å². The van der Waals surface area contributed by atoms with Crippen LogP contribution >= 0.6 is 0 Å². The molecule has 276 valence electrons. The van der Waals surface area contributed by atoms with Gasteiger partial charge in [0, 0.05) is 22.4 Å². The number of benzene rings is 9. The highest BCUT2D eigenvalue weighted by molar-refractivity contribution is 5.99. The Morgan fingerprint density at radius 1 is 0.293 bits per heavy atom. The number of hydrogen-bond donors (Lipinski definition) is 0. The van der Waals surface area contributed by atoms with Crippen molar-refractivity contribution in [1.29, 1.82) is 0 Å². The molecular weight excluding hydrogens is 699 g/mol. The van der Waals surface area contributed by atoms with Crippen LogP contribution in [-0.2, 0) is 5.41 Å². The van der Waals surface area contributed by atoms with Gasteiger partial charge < -0.3 is 4.90 Å². The lowest BCUT2D eigenvalue weighted by molar-refractivity contribution is 0.660. The minimum absolute atomic E-state index is 0.228. The molecule has 0 aliphatic heterocycles. The Balaban J connectivity index is 1.16. The highest BCUT2D eigenvalue weighted by atomic mass is 15.1. The third-order valence-electron chi connectivity index (χ3n) is 11.9. The highest BCUT2D eigenvalue weighted by Gasteiger charge is 2.38. The van der Waals surface area contributed by atoms with E-state index >= 15 is 0 Å². The Labute approximate surface area is 342 Å². The summed E-state index contributed by atoms with van der Waals surface area (Å²) >= 11 is 0. The molecule has 1 aliphatic rings. The van der Waals surface area contributed by atoms with Crippen LogP contribution in [0.25, 0.3) is 66.8 Å². The first kappa shape index (κ1) is 35.2. The van der Waals surface area contributed by atoms with Crippen LogP contribution in [0.5, 0.6) is 0 Å². The van der Waals surface area contributed by atoms with Gasteiger partial charge in [-0.2, -0.15) is 0 Å². The molecule has 1 heteroatoms. The van der Waals surface area contributed by atoms with Gasteiger partial charge in [0.05, 0.1) is 5.69 Å². The second-order valence-electron chi connectivity index (χ2n) is 15.7. The largest absolute Gasteiger partial charge is 0.310 e. The van der Waals surface area contributed by atoms with E-state index in [-0.39, 0.29) is 5.41 Å². The van der Waals surface area contributed by atoms with E-state index in [1.165, 1.54) is 77.9 Å². The van der Waals surface area contributed by atoms with Crippen molar-refractivity contribution < 1.29 is 0 Å². The first-order valence-corrected chi connectivity index (χ1v) is 20.2. The fourth-order valence-corrected chi connectivity index (χ4v) is 8.86. The van der Waals surface area contributed by atoms with Crippen molar-refractivity contribution >= 4 is 17.1 Å². The normalized spacial score (nSPS) is 12.4. The Kier molecular flexibility index (Phi) is 8.92. The maximum atomic E-state index is 2.48. The van der Waals surface area contributed by atoms with Gasteiger partial charge in [0.2, 0.25) is 0 Å². The van der Waals surface area contributed by atoms with Crippen molar-refractivity contribution in [2.24, 2.45) is 0 Å². The number of fused-ring (bicyclic) bond motifs is 3. The molecule has 0 fully saturated rings. The van der Waals surface area contributed by atoms with Crippen molar-refractivity contribution in [3.05, 3.63) is 236 Å². The van der Waals surface area contributed by atoms with Gasteiger partial charge in [-0.1, -0.05) is 202 Å². The minimum Gasteiger partial charge on any atom is -0.310 e. The summed E-state index contributed by atoms with van der Waals surface area (Å²) in [4.78, 5) is 2.45. The molecule has 9 aromatic carbocycles. The fourth-order valence-electron chi connectivity index (χ4n) is 8.86. The van der Waals surface area contributed by atoms with E-state index in [1.54, 1.807) is 0 Å². The molecule has 0 saturated carbocycles. The molecule has 0 atom stereocenters. The zero-order valence-corrected chi connectivity index (χ0v) is 32.8. The van der Waals surface area contributed by atoms with Crippen LogP contribution in [-0.4, -0.2) is 0 Å². The van der Waals surface area contributed by atoms with Crippen molar-refractivity contribution in [1.82, 2.24) is 0 Å². The quantitative estimate of drug-likeness (QED) is 0.150. The highest BCUT2D eigenvalue weighted by Crippen LogP contribution is 2.56. The summed E-state index contributed by atoms with van der Waals surface area (Å²) in [6, 6.07) is 81.8. The molecule has 0 aromatic heterocycles. The third-order valence-corrected chi connectivity index (χ3v) is 11.9. The summed E-state index contributed by atoms with van der Waals surface area (Å²) < 4.78 is 0. The Morgan fingerprint density at radius 2 is 0.672 bits per heavy atom. The topological polar surface area (TPSA) is 3.24 Å². The lowest BCUT2D eigenvalue weighted by Gasteiger charge is -2.30. The molecule has 0 saturated heterocycles. The summed E-state index contributed by atoms with van der Waals surface area (Å²) in [7, 11) is 0. The van der Waals surface area contributed by atoms with E-state index in [0.29, 0.717) is 0 Å². The number of anilines is 3. The Bertz CT molecular complexity index is 2760. The SMILES string of the molecule is CC1(C)c2cc(N(c3ccc(-c4ccccc4)cc3)c3ccc(-c4ccccc4)cc3)c(-c3ccccc3)cc2-c2c(-c3ccc(-c4ccccc4)cc3)cccc21. The van der Waals surface area contributed by atoms with Gasteiger partial charge in [0.25, 0.3) is 0 Å². The van der Waals surface area contributed by atoms with Crippen LogP contribution in [0.3, 0.4) is 0 Å². The lowest BCUT2D eigenvalue weighted by atomic mass is 9.81. The second-order valence-corrected chi connectivity index (χ2v) is 15.7. The molecule has 9 aromatic rings. The molecule has 10 rings (SSSR count). The van der Waals surface area contributed by atoms with Crippen molar-refractivity contribution in [3.8, 4) is 66.8 Å². The minimum atomic E-state index is -0.228. The lowest BCUT2D eigenvalue weighted by Crippen LogP contribution is -2.17. The van der Waals surface area contributed by atoms with Crippen LogP contribution < -0.4 is 4.90 Å². The zero-order chi connectivity index (χ0) is 39.1. The molecule has 0 bridgehead atoms. The standard InChI is InChI=1S/C57H43N/c1-57(2)53-25-15-24-50(47-28-26-43(27-29-47)40-16-7-3-8-17-40)56(53)52-38-51(46-22-13-6-14-23-46)55(39-54(52)57)58(48-34-30-44(31-35-48)41-18-9-4-10-19-41)49-36-32-45(33-37-49)42-20-11-5-12-21-42/h3-39H,1-2H3. The van der Waals surface area contributed by atoms with Crippen LogP contribution in [0.1, 0.15) is 25.0 Å². The summed E-state index contributed by atoms with van der Waals surface area (Å²) in [6.45, 7) is 4.78. The predicted octanol–water partition coefficient (Wildman–Crippen LogP) is 15.8. The average Bonchev–Trinajstić information content (AvgIpc) is 3.53. The second kappa shape index (κ2) is 14.7. The maximum Gasteiger partial charge on any atom is 0.0543 e. The predicted molar refractivity (Wildman–Crippen MR) is 246 cm³/mol. The van der Waals surface area contributed by atoms with Gasteiger partial charge in [0.1, 0.15) is 0 Å². The van der Waals surface area contributed by atoms with Crippen LogP contribution in [0.2, 0.25) is 0 Å². The summed E-state index contributed by atoms with van der Waals surface area (Å²) in [6.07, 6.45) is 0. The van der Waals surface area contributed by atoms with Gasteiger partial charge in [-0.3, -0.25) is 0 Å². The van der Waals surface area contributed by atoms with Gasteiger partial charge in [-0.25, -0.2) is 0 Å². The van der Waals surface area contributed by atoms with Crippen molar-refractivity contribution in [3.63, 3.8) is 0 Å².